The van der Waals surface area contributed by atoms with Gasteiger partial charge >= 0.3 is 0 Å². The minimum atomic E-state index is 1.04. The molecule has 12 rings (SSSR count). The maximum absolute atomic E-state index is 2.43. The number of hydrogen-bond donors (Lipinski definition) is 0. The van der Waals surface area contributed by atoms with Crippen molar-refractivity contribution in [2.75, 3.05) is 9.80 Å². The summed E-state index contributed by atoms with van der Waals surface area (Å²) in [6.45, 7) is 0. The largest absolute Gasteiger partial charge is 0.310 e. The van der Waals surface area contributed by atoms with Gasteiger partial charge in [-0.3, -0.25) is 0 Å². The number of aromatic nitrogens is 2. The van der Waals surface area contributed by atoms with Crippen molar-refractivity contribution in [1.82, 2.24) is 9.13 Å². The molecule has 0 saturated carbocycles. The van der Waals surface area contributed by atoms with Crippen LogP contribution in [0.15, 0.2) is 243 Å². The topological polar surface area (TPSA) is 16.3 Å². The Morgan fingerprint density at radius 1 is 0.258 bits per heavy atom. The van der Waals surface area contributed by atoms with E-state index in [1.54, 1.807) is 0 Å². The molecular weight excluding hydrogens is 753 g/mol. The molecule has 0 fully saturated rings. The summed E-state index contributed by atoms with van der Waals surface area (Å²) in [5, 5.41) is 7.28. The number of para-hydroxylation sites is 6. The Labute approximate surface area is 360 Å². The van der Waals surface area contributed by atoms with Gasteiger partial charge in [-0.1, -0.05) is 140 Å². The van der Waals surface area contributed by atoms with Crippen LogP contribution in [0.25, 0.3) is 65.8 Å². The Kier molecular flexibility index (Phi) is 8.46. The van der Waals surface area contributed by atoms with Crippen molar-refractivity contribution in [2.24, 2.45) is 0 Å². The van der Waals surface area contributed by atoms with E-state index in [0.29, 0.717) is 0 Å². The van der Waals surface area contributed by atoms with Crippen LogP contribution >= 0.6 is 0 Å². The highest BCUT2D eigenvalue weighted by Crippen LogP contribution is 2.49. The standard InChI is InChI=1S/C58H40N4/c1-6-22-43(23-7-1)59(48-34-35-50-52-36-41-20-16-17-21-42(41)37-54(52)62(55(50)38-48)47-30-14-5-15-31-47)49-39-56(60(44-24-8-2-9-25-44)45-26-10-3-11-27-45)58-51-32-18-19-33-53(51)61(57(58)40-49)46-28-12-4-13-29-46/h1-40H. The van der Waals surface area contributed by atoms with Gasteiger partial charge < -0.3 is 18.9 Å². The quantitative estimate of drug-likeness (QED) is 0.152. The maximum atomic E-state index is 2.43. The third kappa shape index (κ3) is 5.84. The molecule has 0 aliphatic heterocycles. The molecule has 0 unspecified atom stereocenters. The summed E-state index contributed by atoms with van der Waals surface area (Å²) in [5.74, 6) is 0. The second kappa shape index (κ2) is 14.7. The highest BCUT2D eigenvalue weighted by Gasteiger charge is 2.25. The summed E-state index contributed by atoms with van der Waals surface area (Å²) >= 11 is 0. The fourth-order valence-corrected chi connectivity index (χ4v) is 9.51. The number of rotatable bonds is 8. The van der Waals surface area contributed by atoms with Gasteiger partial charge in [0.2, 0.25) is 0 Å². The molecule has 0 atom stereocenters. The summed E-state index contributed by atoms with van der Waals surface area (Å²) < 4.78 is 4.86. The third-order valence-electron chi connectivity index (χ3n) is 12.2. The number of anilines is 6. The summed E-state index contributed by atoms with van der Waals surface area (Å²) in [7, 11) is 0. The van der Waals surface area contributed by atoms with Crippen molar-refractivity contribution >= 4 is 88.5 Å². The van der Waals surface area contributed by atoms with Crippen molar-refractivity contribution in [1.29, 1.82) is 0 Å². The molecular formula is C58H40N4. The minimum absolute atomic E-state index is 1.04. The average molecular weight is 793 g/mol. The first-order valence-corrected chi connectivity index (χ1v) is 21.2. The molecule has 2 aromatic heterocycles. The lowest BCUT2D eigenvalue weighted by molar-refractivity contribution is 1.17. The lowest BCUT2D eigenvalue weighted by atomic mass is 10.0. The Balaban J connectivity index is 1.19. The van der Waals surface area contributed by atoms with Gasteiger partial charge in [-0.25, -0.2) is 0 Å². The van der Waals surface area contributed by atoms with E-state index in [0.717, 1.165) is 62.0 Å². The van der Waals surface area contributed by atoms with Crippen molar-refractivity contribution in [2.45, 2.75) is 0 Å². The van der Waals surface area contributed by atoms with Gasteiger partial charge in [0.1, 0.15) is 0 Å². The molecule has 2 heterocycles. The van der Waals surface area contributed by atoms with Crippen LogP contribution in [0.5, 0.6) is 0 Å². The first kappa shape index (κ1) is 35.6. The second-order valence-electron chi connectivity index (χ2n) is 15.8. The molecule has 62 heavy (non-hydrogen) atoms. The van der Waals surface area contributed by atoms with E-state index in [4.69, 9.17) is 0 Å². The maximum Gasteiger partial charge on any atom is 0.0583 e. The Bertz CT molecular complexity index is 3520. The first-order valence-electron chi connectivity index (χ1n) is 21.2. The van der Waals surface area contributed by atoms with E-state index in [2.05, 4.69) is 262 Å². The second-order valence-corrected chi connectivity index (χ2v) is 15.8. The predicted octanol–water partition coefficient (Wildman–Crippen LogP) is 16.0. The lowest BCUT2D eigenvalue weighted by Crippen LogP contribution is -2.14. The van der Waals surface area contributed by atoms with Gasteiger partial charge in [0.15, 0.2) is 0 Å². The van der Waals surface area contributed by atoms with E-state index >= 15 is 0 Å². The molecule has 0 saturated heterocycles. The van der Waals surface area contributed by atoms with Gasteiger partial charge in [-0.2, -0.15) is 0 Å². The SMILES string of the molecule is c1ccc(N(c2ccc3c4cc5ccccc5cc4n(-c4ccccc4)c3c2)c2cc(N(c3ccccc3)c3ccccc3)c3c4ccccc4n(-c4ccccc4)c3c2)cc1. The Morgan fingerprint density at radius 3 is 1.34 bits per heavy atom. The van der Waals surface area contributed by atoms with Crippen molar-refractivity contribution in [3.05, 3.63) is 243 Å². The van der Waals surface area contributed by atoms with Crippen molar-refractivity contribution in [3.8, 4) is 11.4 Å². The van der Waals surface area contributed by atoms with E-state index < -0.39 is 0 Å². The molecule has 0 N–H and O–H groups in total. The monoisotopic (exact) mass is 792 g/mol. The molecule has 0 aliphatic carbocycles. The zero-order valence-corrected chi connectivity index (χ0v) is 33.9. The summed E-state index contributed by atoms with van der Waals surface area (Å²) in [6, 6.07) is 87.7. The summed E-state index contributed by atoms with van der Waals surface area (Å²) in [6.07, 6.45) is 0. The number of nitrogens with zero attached hydrogens (tertiary/aromatic N) is 4. The lowest BCUT2D eigenvalue weighted by Gasteiger charge is -2.30. The van der Waals surface area contributed by atoms with Gasteiger partial charge in [-0.15, -0.1) is 0 Å². The van der Waals surface area contributed by atoms with Gasteiger partial charge in [0.05, 0.1) is 33.4 Å². The fraction of sp³-hybridized carbons (Fsp3) is 0. The normalized spacial score (nSPS) is 11.5. The van der Waals surface area contributed by atoms with E-state index in [-0.39, 0.29) is 0 Å². The summed E-state index contributed by atoms with van der Waals surface area (Å²) in [4.78, 5) is 4.84. The highest BCUT2D eigenvalue weighted by atomic mass is 15.2. The van der Waals surface area contributed by atoms with Crippen LogP contribution in [0.1, 0.15) is 0 Å². The van der Waals surface area contributed by atoms with Crippen molar-refractivity contribution < 1.29 is 0 Å². The molecule has 0 radical (unpaired) electrons. The molecule has 0 bridgehead atoms. The van der Waals surface area contributed by atoms with Crippen LogP contribution in [-0.4, -0.2) is 9.13 Å². The minimum Gasteiger partial charge on any atom is -0.310 e. The highest BCUT2D eigenvalue weighted by molar-refractivity contribution is 6.18. The molecule has 4 nitrogen and oxygen atoms in total. The smallest absolute Gasteiger partial charge is 0.0583 e. The van der Waals surface area contributed by atoms with Crippen LogP contribution in [0.3, 0.4) is 0 Å². The zero-order chi connectivity index (χ0) is 41.0. The van der Waals surface area contributed by atoms with E-state index in [1.165, 1.54) is 37.8 Å². The fourth-order valence-electron chi connectivity index (χ4n) is 9.51. The molecule has 0 aliphatic rings. The van der Waals surface area contributed by atoms with Crippen LogP contribution in [0.4, 0.5) is 34.1 Å². The Hall–Kier alpha value is -8.34. The first-order chi connectivity index (χ1) is 30.8. The van der Waals surface area contributed by atoms with Gasteiger partial charge in [0.25, 0.3) is 0 Å². The predicted molar refractivity (Wildman–Crippen MR) is 262 cm³/mol. The third-order valence-corrected chi connectivity index (χ3v) is 12.2. The van der Waals surface area contributed by atoms with Gasteiger partial charge in [-0.05, 0) is 114 Å². The van der Waals surface area contributed by atoms with E-state index in [1.807, 2.05) is 0 Å². The van der Waals surface area contributed by atoms with E-state index in [9.17, 15) is 0 Å². The van der Waals surface area contributed by atoms with Gasteiger partial charge in [0, 0.05) is 55.7 Å². The number of benzene rings is 10. The molecule has 12 aromatic rings. The Morgan fingerprint density at radius 2 is 0.726 bits per heavy atom. The number of fused-ring (bicyclic) bond motifs is 7. The van der Waals surface area contributed by atoms with Crippen LogP contribution in [0, 0.1) is 0 Å². The molecule has 10 aromatic carbocycles. The zero-order valence-electron chi connectivity index (χ0n) is 33.9. The number of hydrogen-bond acceptors (Lipinski definition) is 2. The molecule has 0 amide bonds. The van der Waals surface area contributed by atoms with Crippen LogP contribution < -0.4 is 9.80 Å². The molecule has 0 spiro atoms. The molecule has 292 valence electrons. The summed E-state index contributed by atoms with van der Waals surface area (Å²) in [5.41, 5.74) is 13.3. The van der Waals surface area contributed by atoms with Crippen LogP contribution in [-0.2, 0) is 0 Å². The average Bonchev–Trinajstić information content (AvgIpc) is 3.84. The van der Waals surface area contributed by atoms with Crippen LogP contribution in [0.2, 0.25) is 0 Å². The molecule has 4 heteroatoms. The van der Waals surface area contributed by atoms with Crippen molar-refractivity contribution in [3.63, 3.8) is 0 Å².